The van der Waals surface area contributed by atoms with Crippen molar-refractivity contribution in [2.75, 3.05) is 6.61 Å². The van der Waals surface area contributed by atoms with Crippen molar-refractivity contribution >= 4 is 12.2 Å². The molecule has 3 aromatic rings. The zero-order chi connectivity index (χ0) is 21.4. The number of aldehydes is 1. The summed E-state index contributed by atoms with van der Waals surface area (Å²) >= 11 is 0. The molecule has 2 aliphatic heterocycles. The van der Waals surface area contributed by atoms with Gasteiger partial charge in [-0.1, -0.05) is 18.2 Å². The summed E-state index contributed by atoms with van der Waals surface area (Å²) in [5, 5.41) is 7.27. The second-order valence-corrected chi connectivity index (χ2v) is 7.68. The number of halogens is 1. The second kappa shape index (κ2) is 7.86. The van der Waals surface area contributed by atoms with Crippen LogP contribution >= 0.6 is 0 Å². The lowest BCUT2D eigenvalue weighted by atomic mass is 10.0. The van der Waals surface area contributed by atoms with Crippen LogP contribution in [0.25, 0.3) is 0 Å². The molecular formula is C23H20FN3O4. The normalized spacial score (nSPS) is 19.4. The summed E-state index contributed by atoms with van der Waals surface area (Å²) in [6.45, 7) is 0.856. The van der Waals surface area contributed by atoms with Crippen LogP contribution in [0.4, 0.5) is 4.39 Å². The van der Waals surface area contributed by atoms with Crippen LogP contribution in [0, 0.1) is 5.82 Å². The fourth-order valence-corrected chi connectivity index (χ4v) is 4.00. The Balaban J connectivity index is 1.27. The third kappa shape index (κ3) is 3.76. The molecule has 2 aromatic carbocycles. The van der Waals surface area contributed by atoms with Gasteiger partial charge in [0, 0.05) is 30.2 Å². The zero-order valence-electron chi connectivity index (χ0n) is 16.6. The number of hydrogen-bond donors (Lipinski definition) is 1. The van der Waals surface area contributed by atoms with Gasteiger partial charge in [-0.15, -0.1) is 0 Å². The molecule has 2 aliphatic rings. The molecule has 0 spiro atoms. The predicted molar refractivity (Wildman–Crippen MR) is 109 cm³/mol. The number of nitrogens with zero attached hydrogens (tertiary/aromatic N) is 2. The highest BCUT2D eigenvalue weighted by molar-refractivity contribution is 5.92. The lowest BCUT2D eigenvalue weighted by Crippen LogP contribution is -2.42. The van der Waals surface area contributed by atoms with Gasteiger partial charge in [-0.3, -0.25) is 9.59 Å². The minimum atomic E-state index is -0.420. The van der Waals surface area contributed by atoms with Crippen molar-refractivity contribution in [3.05, 3.63) is 76.7 Å². The first kappa shape index (κ1) is 19.3. The van der Waals surface area contributed by atoms with E-state index in [0.29, 0.717) is 43.0 Å². The van der Waals surface area contributed by atoms with E-state index in [4.69, 9.17) is 9.47 Å². The number of ether oxygens (including phenoxy) is 2. The Kier molecular flexibility index (Phi) is 4.89. The van der Waals surface area contributed by atoms with Gasteiger partial charge in [0.1, 0.15) is 30.6 Å². The summed E-state index contributed by atoms with van der Waals surface area (Å²) in [5.74, 6) is 0.511. The van der Waals surface area contributed by atoms with Crippen LogP contribution < -0.4 is 14.8 Å². The number of rotatable bonds is 4. The number of nitrogens with one attached hydrogen (secondary N) is 1. The molecule has 0 saturated carbocycles. The molecule has 158 valence electrons. The quantitative estimate of drug-likeness (QED) is 0.655. The first-order valence-corrected chi connectivity index (χ1v) is 10.1. The molecular weight excluding hydrogens is 401 g/mol. The maximum atomic E-state index is 14.1. The number of aryl methyl sites for hydroxylation is 1. The van der Waals surface area contributed by atoms with Gasteiger partial charge in [0.15, 0.2) is 5.69 Å². The zero-order valence-corrected chi connectivity index (χ0v) is 16.6. The van der Waals surface area contributed by atoms with E-state index < -0.39 is 6.10 Å². The molecule has 0 aliphatic carbocycles. The first-order valence-electron chi connectivity index (χ1n) is 10.1. The Labute approximate surface area is 177 Å². The van der Waals surface area contributed by atoms with Crippen molar-refractivity contribution in [2.24, 2.45) is 0 Å². The Bertz CT molecular complexity index is 1160. The van der Waals surface area contributed by atoms with Gasteiger partial charge in [-0.05, 0) is 36.2 Å². The van der Waals surface area contributed by atoms with Crippen molar-refractivity contribution in [1.82, 2.24) is 15.1 Å². The highest BCUT2D eigenvalue weighted by Gasteiger charge is 2.28. The lowest BCUT2D eigenvalue weighted by Gasteiger charge is -2.26. The summed E-state index contributed by atoms with van der Waals surface area (Å²) in [7, 11) is 0. The van der Waals surface area contributed by atoms with E-state index in [-0.39, 0.29) is 23.5 Å². The van der Waals surface area contributed by atoms with Crippen molar-refractivity contribution in [3.63, 3.8) is 0 Å². The third-order valence-electron chi connectivity index (χ3n) is 5.56. The molecule has 0 radical (unpaired) electrons. The molecule has 3 heterocycles. The number of fused-ring (bicyclic) bond motifs is 2. The van der Waals surface area contributed by atoms with Gasteiger partial charge >= 0.3 is 0 Å². The van der Waals surface area contributed by atoms with Crippen molar-refractivity contribution < 1.29 is 23.5 Å². The number of hydrogen-bond acceptors (Lipinski definition) is 5. The standard InChI is InChI=1S/C23H20FN3O4/c24-18-4-2-1-3-17(18)21-7-8-27-22(31-21)11-19(26-27)23(29)25-16-10-15-9-14(12-28)5-6-20(15)30-13-16/h1-6,9,11-12,16,21H,7-8,10,13H2,(H,25,29)/t16-,21?/m1/s1. The molecule has 0 fully saturated rings. The van der Waals surface area contributed by atoms with E-state index in [9.17, 15) is 14.0 Å². The van der Waals surface area contributed by atoms with Crippen molar-refractivity contribution in [1.29, 1.82) is 0 Å². The molecule has 1 N–H and O–H groups in total. The number of carbonyl (C=O) groups is 2. The number of amides is 1. The van der Waals surface area contributed by atoms with Crippen LogP contribution in [0.1, 0.15) is 44.5 Å². The fourth-order valence-electron chi connectivity index (χ4n) is 4.00. The van der Waals surface area contributed by atoms with Gasteiger partial charge < -0.3 is 14.8 Å². The van der Waals surface area contributed by atoms with E-state index in [2.05, 4.69) is 10.4 Å². The van der Waals surface area contributed by atoms with Crippen molar-refractivity contribution in [2.45, 2.75) is 31.5 Å². The molecule has 31 heavy (non-hydrogen) atoms. The Morgan fingerprint density at radius 1 is 1.23 bits per heavy atom. The van der Waals surface area contributed by atoms with Gasteiger partial charge in [0.25, 0.3) is 5.91 Å². The van der Waals surface area contributed by atoms with Gasteiger partial charge in [-0.25, -0.2) is 9.07 Å². The maximum absolute atomic E-state index is 14.1. The molecule has 1 aromatic heterocycles. The second-order valence-electron chi connectivity index (χ2n) is 7.68. The maximum Gasteiger partial charge on any atom is 0.272 e. The summed E-state index contributed by atoms with van der Waals surface area (Å²) < 4.78 is 27.3. The molecule has 1 amide bonds. The molecule has 0 bridgehead atoms. The molecule has 2 atom stereocenters. The fraction of sp³-hybridized carbons (Fsp3) is 0.261. The van der Waals surface area contributed by atoms with Crippen LogP contribution in [0.2, 0.25) is 0 Å². The highest BCUT2D eigenvalue weighted by atomic mass is 19.1. The number of carbonyl (C=O) groups excluding carboxylic acids is 2. The van der Waals surface area contributed by atoms with E-state index in [1.54, 1.807) is 47.1 Å². The van der Waals surface area contributed by atoms with Gasteiger partial charge in [0.05, 0.1) is 6.04 Å². The lowest BCUT2D eigenvalue weighted by molar-refractivity contribution is 0.0908. The van der Waals surface area contributed by atoms with Crippen LogP contribution in [0.5, 0.6) is 11.6 Å². The van der Waals surface area contributed by atoms with E-state index >= 15 is 0 Å². The highest BCUT2D eigenvalue weighted by Crippen LogP contribution is 2.32. The van der Waals surface area contributed by atoms with Crippen LogP contribution in [-0.2, 0) is 13.0 Å². The van der Waals surface area contributed by atoms with E-state index in [1.807, 2.05) is 0 Å². The molecule has 8 heteroatoms. The van der Waals surface area contributed by atoms with Crippen LogP contribution in [0.3, 0.4) is 0 Å². The van der Waals surface area contributed by atoms with Crippen molar-refractivity contribution in [3.8, 4) is 11.6 Å². The molecule has 5 rings (SSSR count). The first-order chi connectivity index (χ1) is 15.1. The van der Waals surface area contributed by atoms with Gasteiger partial charge in [0.2, 0.25) is 5.88 Å². The Morgan fingerprint density at radius 2 is 2.10 bits per heavy atom. The topological polar surface area (TPSA) is 82.5 Å². The number of benzene rings is 2. The Hall–Kier alpha value is -3.68. The average Bonchev–Trinajstić information content (AvgIpc) is 3.22. The summed E-state index contributed by atoms with van der Waals surface area (Å²) in [6.07, 6.45) is 1.48. The Morgan fingerprint density at radius 3 is 2.94 bits per heavy atom. The van der Waals surface area contributed by atoms with E-state index in [1.165, 1.54) is 6.07 Å². The minimum absolute atomic E-state index is 0.233. The average molecular weight is 421 g/mol. The van der Waals surface area contributed by atoms with E-state index in [0.717, 1.165) is 17.6 Å². The summed E-state index contributed by atoms with van der Waals surface area (Å²) in [4.78, 5) is 23.8. The SMILES string of the molecule is O=Cc1ccc2c(c1)C[C@@H](NC(=O)c1cc3n(n1)CCC(c1ccccc1F)O3)CO2. The third-order valence-corrected chi connectivity index (χ3v) is 5.56. The predicted octanol–water partition coefficient (Wildman–Crippen LogP) is 3.09. The minimum Gasteiger partial charge on any atom is -0.491 e. The number of aromatic nitrogens is 2. The smallest absolute Gasteiger partial charge is 0.272 e. The molecule has 0 saturated heterocycles. The summed E-state index contributed by atoms with van der Waals surface area (Å²) in [5.41, 5.74) is 2.17. The monoisotopic (exact) mass is 421 g/mol. The van der Waals surface area contributed by atoms with Crippen LogP contribution in [-0.4, -0.2) is 34.6 Å². The molecule has 7 nitrogen and oxygen atoms in total. The summed E-state index contributed by atoms with van der Waals surface area (Å²) in [6, 6.07) is 13.1. The van der Waals surface area contributed by atoms with Crippen LogP contribution in [0.15, 0.2) is 48.5 Å². The largest absolute Gasteiger partial charge is 0.491 e. The van der Waals surface area contributed by atoms with Gasteiger partial charge in [-0.2, -0.15) is 5.10 Å². The molecule has 1 unspecified atom stereocenters.